The van der Waals surface area contributed by atoms with Crippen LogP contribution in [0, 0.1) is 6.92 Å². The molecule has 2 atom stereocenters. The number of hydrogen-bond donors (Lipinski definition) is 1. The molecule has 5 heteroatoms. The number of aryl methyl sites for hydroxylation is 1. The van der Waals surface area contributed by atoms with E-state index >= 15 is 0 Å². The first-order valence-corrected chi connectivity index (χ1v) is 9.08. The van der Waals surface area contributed by atoms with E-state index in [1.54, 1.807) is 11.3 Å². The maximum absolute atomic E-state index is 5.51. The van der Waals surface area contributed by atoms with Crippen molar-refractivity contribution in [1.82, 2.24) is 15.2 Å². The molecule has 0 amide bonds. The molecule has 4 nitrogen and oxygen atoms in total. The summed E-state index contributed by atoms with van der Waals surface area (Å²) in [6.45, 7) is 8.85. The van der Waals surface area contributed by atoms with E-state index < -0.39 is 0 Å². The Morgan fingerprint density at radius 1 is 1.26 bits per heavy atom. The molecular formula is C18H25N3OS. The van der Waals surface area contributed by atoms with Gasteiger partial charge in [-0.05, 0) is 19.4 Å². The Bertz CT molecular complexity index is 595. The third-order valence-electron chi connectivity index (χ3n) is 4.35. The molecule has 1 aromatic carbocycles. The quantitative estimate of drug-likeness (QED) is 0.882. The highest BCUT2D eigenvalue weighted by atomic mass is 32.1. The number of ether oxygens (including phenoxy) is 1. The first-order valence-electron chi connectivity index (χ1n) is 8.26. The Kier molecular flexibility index (Phi) is 5.78. The van der Waals surface area contributed by atoms with Gasteiger partial charge in [0.1, 0.15) is 0 Å². The Hall–Kier alpha value is -1.27. The SMILES string of the molecule is Cc1ncc([C@@H](C)NC[C@@H](c2ccccc2)N2CCOCC2)s1. The lowest BCUT2D eigenvalue weighted by Crippen LogP contribution is -2.43. The second kappa shape index (κ2) is 8.02. The number of thiazole rings is 1. The molecule has 0 unspecified atom stereocenters. The Morgan fingerprint density at radius 2 is 2.00 bits per heavy atom. The summed E-state index contributed by atoms with van der Waals surface area (Å²) in [6, 6.07) is 11.5. The minimum atomic E-state index is 0.327. The normalized spacial score (nSPS) is 18.7. The average Bonchev–Trinajstić information content (AvgIpc) is 3.03. The zero-order chi connectivity index (χ0) is 16.1. The molecule has 0 saturated carbocycles. The standard InChI is InChI=1S/C18H25N3OS/c1-14(18-13-20-15(2)23-18)19-12-17(16-6-4-3-5-7-16)21-8-10-22-11-9-21/h3-7,13-14,17,19H,8-12H2,1-2H3/t14-,17+/m1/s1. The van der Waals surface area contributed by atoms with Gasteiger partial charge in [0.2, 0.25) is 0 Å². The van der Waals surface area contributed by atoms with Crippen LogP contribution in [0.1, 0.15) is 34.5 Å². The van der Waals surface area contributed by atoms with Gasteiger partial charge in [-0.25, -0.2) is 4.98 Å². The fraction of sp³-hybridized carbons (Fsp3) is 0.500. The van der Waals surface area contributed by atoms with E-state index in [2.05, 4.69) is 59.4 Å². The maximum Gasteiger partial charge on any atom is 0.0897 e. The zero-order valence-electron chi connectivity index (χ0n) is 13.9. The highest BCUT2D eigenvalue weighted by Crippen LogP contribution is 2.24. The van der Waals surface area contributed by atoms with E-state index in [0.29, 0.717) is 12.1 Å². The summed E-state index contributed by atoms with van der Waals surface area (Å²) in [5.74, 6) is 0. The van der Waals surface area contributed by atoms with Gasteiger partial charge < -0.3 is 10.1 Å². The Morgan fingerprint density at radius 3 is 2.65 bits per heavy atom. The van der Waals surface area contributed by atoms with Gasteiger partial charge in [0.05, 0.1) is 18.2 Å². The smallest absolute Gasteiger partial charge is 0.0897 e. The van der Waals surface area contributed by atoms with E-state index in [-0.39, 0.29) is 0 Å². The summed E-state index contributed by atoms with van der Waals surface area (Å²) in [5, 5.41) is 4.82. The molecule has 124 valence electrons. The summed E-state index contributed by atoms with van der Waals surface area (Å²) in [6.07, 6.45) is 1.99. The van der Waals surface area contributed by atoms with Crippen LogP contribution in [0.25, 0.3) is 0 Å². The van der Waals surface area contributed by atoms with Crippen LogP contribution in [0.2, 0.25) is 0 Å². The Labute approximate surface area is 142 Å². The molecule has 2 heterocycles. The fourth-order valence-electron chi connectivity index (χ4n) is 2.99. The maximum atomic E-state index is 5.51. The van der Waals surface area contributed by atoms with Gasteiger partial charge in [0.25, 0.3) is 0 Å². The van der Waals surface area contributed by atoms with Crippen molar-refractivity contribution in [3.8, 4) is 0 Å². The molecular weight excluding hydrogens is 306 g/mol. The van der Waals surface area contributed by atoms with Crippen LogP contribution in [0.15, 0.2) is 36.5 Å². The van der Waals surface area contributed by atoms with Crippen LogP contribution < -0.4 is 5.32 Å². The van der Waals surface area contributed by atoms with Crippen molar-refractivity contribution < 1.29 is 4.74 Å². The van der Waals surface area contributed by atoms with Crippen LogP contribution >= 0.6 is 11.3 Å². The van der Waals surface area contributed by atoms with Crippen molar-refractivity contribution in [3.05, 3.63) is 52.0 Å². The monoisotopic (exact) mass is 331 g/mol. The lowest BCUT2D eigenvalue weighted by atomic mass is 10.0. The van der Waals surface area contributed by atoms with Crippen molar-refractivity contribution in [2.45, 2.75) is 25.9 Å². The number of nitrogens with one attached hydrogen (secondary N) is 1. The highest BCUT2D eigenvalue weighted by Gasteiger charge is 2.23. The molecule has 23 heavy (non-hydrogen) atoms. The van der Waals surface area contributed by atoms with E-state index in [1.807, 2.05) is 6.20 Å². The molecule has 1 aliphatic heterocycles. The van der Waals surface area contributed by atoms with E-state index in [1.165, 1.54) is 10.4 Å². The number of nitrogens with zero attached hydrogens (tertiary/aromatic N) is 2. The van der Waals surface area contributed by atoms with Gasteiger partial charge >= 0.3 is 0 Å². The number of aromatic nitrogens is 1. The van der Waals surface area contributed by atoms with Gasteiger partial charge in [0, 0.05) is 42.8 Å². The molecule has 1 aliphatic rings. The molecule has 1 N–H and O–H groups in total. The average molecular weight is 331 g/mol. The zero-order valence-corrected chi connectivity index (χ0v) is 14.7. The molecule has 0 radical (unpaired) electrons. The number of hydrogen-bond acceptors (Lipinski definition) is 5. The summed E-state index contributed by atoms with van der Waals surface area (Å²) < 4.78 is 5.51. The summed E-state index contributed by atoms with van der Waals surface area (Å²) in [5.41, 5.74) is 1.37. The molecule has 2 aromatic rings. The predicted molar refractivity (Wildman–Crippen MR) is 94.8 cm³/mol. The number of rotatable bonds is 6. The first kappa shape index (κ1) is 16.6. The number of morpholine rings is 1. The molecule has 1 aromatic heterocycles. The van der Waals surface area contributed by atoms with Gasteiger partial charge in [-0.15, -0.1) is 11.3 Å². The lowest BCUT2D eigenvalue weighted by Gasteiger charge is -2.35. The van der Waals surface area contributed by atoms with Crippen LogP contribution in [-0.2, 0) is 4.74 Å². The lowest BCUT2D eigenvalue weighted by molar-refractivity contribution is 0.0157. The van der Waals surface area contributed by atoms with Crippen LogP contribution in [-0.4, -0.2) is 42.7 Å². The van der Waals surface area contributed by atoms with Gasteiger partial charge in [-0.2, -0.15) is 0 Å². The molecule has 0 bridgehead atoms. The highest BCUT2D eigenvalue weighted by molar-refractivity contribution is 7.11. The molecule has 1 fully saturated rings. The summed E-state index contributed by atoms with van der Waals surface area (Å²) in [4.78, 5) is 8.19. The molecule has 0 spiro atoms. The minimum Gasteiger partial charge on any atom is -0.379 e. The predicted octanol–water partition coefficient (Wildman–Crippen LogP) is 3.18. The second-order valence-corrected chi connectivity index (χ2v) is 7.25. The molecule has 1 saturated heterocycles. The molecule has 0 aliphatic carbocycles. The van der Waals surface area contributed by atoms with Crippen LogP contribution in [0.5, 0.6) is 0 Å². The van der Waals surface area contributed by atoms with Crippen molar-refractivity contribution in [3.63, 3.8) is 0 Å². The van der Waals surface area contributed by atoms with Crippen molar-refractivity contribution in [2.75, 3.05) is 32.8 Å². The Balaban J connectivity index is 1.68. The topological polar surface area (TPSA) is 37.4 Å². The van der Waals surface area contributed by atoms with Gasteiger partial charge in [-0.3, -0.25) is 4.90 Å². The van der Waals surface area contributed by atoms with Crippen LogP contribution in [0.4, 0.5) is 0 Å². The minimum absolute atomic E-state index is 0.327. The van der Waals surface area contributed by atoms with Crippen molar-refractivity contribution in [1.29, 1.82) is 0 Å². The second-order valence-electron chi connectivity index (χ2n) is 5.99. The number of benzene rings is 1. The van der Waals surface area contributed by atoms with Crippen molar-refractivity contribution >= 4 is 11.3 Å². The summed E-state index contributed by atoms with van der Waals surface area (Å²) >= 11 is 1.77. The fourth-order valence-corrected chi connectivity index (χ4v) is 3.80. The van der Waals surface area contributed by atoms with Gasteiger partial charge in [0.15, 0.2) is 0 Å². The van der Waals surface area contributed by atoms with Crippen LogP contribution in [0.3, 0.4) is 0 Å². The van der Waals surface area contributed by atoms with E-state index in [4.69, 9.17) is 4.74 Å². The van der Waals surface area contributed by atoms with E-state index in [9.17, 15) is 0 Å². The molecule has 3 rings (SSSR count). The summed E-state index contributed by atoms with van der Waals surface area (Å²) in [7, 11) is 0. The van der Waals surface area contributed by atoms with Crippen molar-refractivity contribution in [2.24, 2.45) is 0 Å². The van der Waals surface area contributed by atoms with Gasteiger partial charge in [-0.1, -0.05) is 30.3 Å². The third-order valence-corrected chi connectivity index (χ3v) is 5.45. The van der Waals surface area contributed by atoms with E-state index in [0.717, 1.165) is 37.9 Å². The largest absolute Gasteiger partial charge is 0.379 e. The first-order chi connectivity index (χ1) is 11.2. The third kappa shape index (κ3) is 4.38.